The van der Waals surface area contributed by atoms with Crippen molar-refractivity contribution >= 4 is 11.7 Å². The highest BCUT2D eigenvalue weighted by Gasteiger charge is 2.56. The number of amidine groups is 1. The molecule has 0 spiro atoms. The van der Waals surface area contributed by atoms with Gasteiger partial charge in [-0.2, -0.15) is 0 Å². The topological polar surface area (TPSA) is 88.2 Å². The number of ether oxygens (including phenoxy) is 1. The molecule has 0 aromatic rings. The molecule has 1 saturated heterocycles. The molecule has 16 heavy (non-hydrogen) atoms. The van der Waals surface area contributed by atoms with E-state index in [4.69, 9.17) is 15.7 Å². The summed E-state index contributed by atoms with van der Waals surface area (Å²) in [4.78, 5) is 14.0. The van der Waals surface area contributed by atoms with E-state index in [0.717, 1.165) is 0 Å². The molecule has 6 heteroatoms. The van der Waals surface area contributed by atoms with Gasteiger partial charge < -0.3 is 20.6 Å². The molecule has 1 amide bonds. The molecule has 1 aliphatic carbocycles. The minimum absolute atomic E-state index is 0.0297. The summed E-state index contributed by atoms with van der Waals surface area (Å²) in [7, 11) is 0. The normalized spacial score (nSPS) is 28.9. The van der Waals surface area contributed by atoms with Crippen LogP contribution in [0, 0.1) is 5.41 Å². The minimum atomic E-state index is -0.730. The van der Waals surface area contributed by atoms with E-state index < -0.39 is 5.41 Å². The van der Waals surface area contributed by atoms with Crippen molar-refractivity contribution in [3.8, 4) is 0 Å². The summed E-state index contributed by atoms with van der Waals surface area (Å²) >= 11 is 0. The highest BCUT2D eigenvalue weighted by Crippen LogP contribution is 2.47. The summed E-state index contributed by atoms with van der Waals surface area (Å²) in [5.74, 6) is 0.00888. The second-order valence-electron chi connectivity index (χ2n) is 4.50. The lowest BCUT2D eigenvalue weighted by atomic mass is 10.0. The molecule has 90 valence electrons. The first-order valence-corrected chi connectivity index (χ1v) is 5.49. The van der Waals surface area contributed by atoms with Crippen LogP contribution >= 0.6 is 0 Å². The lowest BCUT2D eigenvalue weighted by Crippen LogP contribution is -2.50. The van der Waals surface area contributed by atoms with Gasteiger partial charge in [-0.3, -0.25) is 4.79 Å². The van der Waals surface area contributed by atoms with Crippen molar-refractivity contribution in [2.45, 2.75) is 25.9 Å². The Kier molecular flexibility index (Phi) is 2.75. The number of morpholine rings is 1. The van der Waals surface area contributed by atoms with Gasteiger partial charge in [-0.1, -0.05) is 5.16 Å². The van der Waals surface area contributed by atoms with E-state index in [1.54, 1.807) is 4.90 Å². The fourth-order valence-electron chi connectivity index (χ4n) is 2.11. The van der Waals surface area contributed by atoms with E-state index >= 15 is 0 Å². The van der Waals surface area contributed by atoms with Crippen LogP contribution in [-0.2, 0) is 9.53 Å². The zero-order valence-corrected chi connectivity index (χ0v) is 9.35. The molecule has 2 fully saturated rings. The van der Waals surface area contributed by atoms with Gasteiger partial charge in [-0.25, -0.2) is 0 Å². The largest absolute Gasteiger partial charge is 0.409 e. The molecule has 3 N–H and O–H groups in total. The molecule has 0 aromatic carbocycles. The Morgan fingerprint density at radius 2 is 2.31 bits per heavy atom. The predicted molar refractivity (Wildman–Crippen MR) is 57.1 cm³/mol. The Morgan fingerprint density at radius 3 is 2.81 bits per heavy atom. The molecule has 2 rings (SSSR count). The van der Waals surface area contributed by atoms with Gasteiger partial charge in [0.25, 0.3) is 0 Å². The smallest absolute Gasteiger partial charge is 0.236 e. The average molecular weight is 227 g/mol. The number of carbonyl (C=O) groups excluding carboxylic acids is 1. The highest BCUT2D eigenvalue weighted by atomic mass is 16.5. The third kappa shape index (κ3) is 1.73. The van der Waals surface area contributed by atoms with Gasteiger partial charge in [-0.15, -0.1) is 0 Å². The van der Waals surface area contributed by atoms with E-state index in [0.29, 0.717) is 32.5 Å². The van der Waals surface area contributed by atoms with Crippen molar-refractivity contribution in [3.05, 3.63) is 0 Å². The lowest BCUT2D eigenvalue weighted by Gasteiger charge is -2.33. The van der Waals surface area contributed by atoms with E-state index in [9.17, 15) is 4.79 Å². The first kappa shape index (κ1) is 11.2. The van der Waals surface area contributed by atoms with E-state index in [1.165, 1.54) is 0 Å². The van der Waals surface area contributed by atoms with Gasteiger partial charge in [0.1, 0.15) is 5.41 Å². The van der Waals surface area contributed by atoms with E-state index in [2.05, 4.69) is 5.16 Å². The summed E-state index contributed by atoms with van der Waals surface area (Å²) in [5.41, 5.74) is 4.85. The Hall–Kier alpha value is -1.30. The quantitative estimate of drug-likeness (QED) is 0.295. The highest BCUT2D eigenvalue weighted by molar-refractivity contribution is 6.09. The van der Waals surface area contributed by atoms with Crippen molar-refractivity contribution in [2.24, 2.45) is 16.3 Å². The third-order valence-corrected chi connectivity index (χ3v) is 3.29. The van der Waals surface area contributed by atoms with Crippen molar-refractivity contribution < 1.29 is 14.7 Å². The molecule has 0 bridgehead atoms. The molecular weight excluding hydrogens is 210 g/mol. The number of carbonyl (C=O) groups is 1. The SMILES string of the molecule is CC1CN(C(=O)C2(C(N)=NO)CC2)CCO1. The molecule has 0 radical (unpaired) electrons. The van der Waals surface area contributed by atoms with Gasteiger partial charge >= 0.3 is 0 Å². The zero-order chi connectivity index (χ0) is 11.8. The summed E-state index contributed by atoms with van der Waals surface area (Å²) in [6, 6.07) is 0. The third-order valence-electron chi connectivity index (χ3n) is 3.29. The Morgan fingerprint density at radius 1 is 1.62 bits per heavy atom. The fraction of sp³-hybridized carbons (Fsp3) is 0.800. The van der Waals surface area contributed by atoms with Gasteiger partial charge in [0, 0.05) is 13.1 Å². The summed E-state index contributed by atoms with van der Waals surface area (Å²) in [6.07, 6.45) is 1.40. The maximum atomic E-state index is 12.2. The van der Waals surface area contributed by atoms with E-state index in [-0.39, 0.29) is 17.8 Å². The number of rotatable bonds is 2. The van der Waals surface area contributed by atoms with Crippen molar-refractivity contribution in [1.82, 2.24) is 4.90 Å². The number of hydrogen-bond donors (Lipinski definition) is 2. The number of nitrogens with two attached hydrogens (primary N) is 1. The van der Waals surface area contributed by atoms with Crippen LogP contribution in [0.4, 0.5) is 0 Å². The van der Waals surface area contributed by atoms with Crippen LogP contribution < -0.4 is 5.73 Å². The number of nitrogens with zero attached hydrogens (tertiary/aromatic N) is 2. The molecule has 1 heterocycles. The maximum Gasteiger partial charge on any atom is 0.236 e. The van der Waals surface area contributed by atoms with Crippen molar-refractivity contribution in [1.29, 1.82) is 0 Å². The zero-order valence-electron chi connectivity index (χ0n) is 9.35. The first-order valence-electron chi connectivity index (χ1n) is 5.49. The molecule has 6 nitrogen and oxygen atoms in total. The van der Waals surface area contributed by atoms with E-state index in [1.807, 2.05) is 6.92 Å². The summed E-state index contributed by atoms with van der Waals surface area (Å²) < 4.78 is 5.37. The second kappa shape index (κ2) is 3.93. The minimum Gasteiger partial charge on any atom is -0.409 e. The molecule has 0 aromatic heterocycles. The van der Waals surface area contributed by atoms with Crippen LogP contribution in [0.15, 0.2) is 5.16 Å². The molecular formula is C10H17N3O3. The second-order valence-corrected chi connectivity index (χ2v) is 4.50. The van der Waals surface area contributed by atoms with Crippen molar-refractivity contribution in [3.63, 3.8) is 0 Å². The first-order chi connectivity index (χ1) is 7.60. The van der Waals surface area contributed by atoms with Crippen LogP contribution in [0.1, 0.15) is 19.8 Å². The van der Waals surface area contributed by atoms with Crippen molar-refractivity contribution in [2.75, 3.05) is 19.7 Å². The molecule has 1 atom stereocenters. The fourth-order valence-corrected chi connectivity index (χ4v) is 2.11. The van der Waals surface area contributed by atoms with Gasteiger partial charge in [0.15, 0.2) is 5.84 Å². The molecule has 1 unspecified atom stereocenters. The molecule has 1 aliphatic heterocycles. The number of amides is 1. The van der Waals surface area contributed by atoms with Gasteiger partial charge in [0.2, 0.25) is 5.91 Å². The molecule has 2 aliphatic rings. The summed E-state index contributed by atoms with van der Waals surface area (Å²) in [6.45, 7) is 3.66. The Labute approximate surface area is 94.0 Å². The lowest BCUT2D eigenvalue weighted by molar-refractivity contribution is -0.141. The maximum absolute atomic E-state index is 12.2. The monoisotopic (exact) mass is 227 g/mol. The van der Waals surface area contributed by atoms with Crippen LogP contribution in [0.2, 0.25) is 0 Å². The van der Waals surface area contributed by atoms with Crippen LogP contribution in [0.3, 0.4) is 0 Å². The van der Waals surface area contributed by atoms with Gasteiger partial charge in [0.05, 0.1) is 12.7 Å². The summed E-state index contributed by atoms with van der Waals surface area (Å²) in [5, 5.41) is 11.7. The standard InChI is InChI=1S/C10H17N3O3/c1-7-6-13(4-5-16-7)9(14)10(2-3-10)8(11)12-15/h7,15H,2-6H2,1H3,(H2,11,12). The average Bonchev–Trinajstić information content (AvgIpc) is 3.08. The molecule has 1 saturated carbocycles. The number of hydrogen-bond acceptors (Lipinski definition) is 4. The van der Waals surface area contributed by atoms with Crippen LogP contribution in [0.5, 0.6) is 0 Å². The Balaban J connectivity index is 2.07. The van der Waals surface area contributed by atoms with Crippen LogP contribution in [0.25, 0.3) is 0 Å². The Bertz CT molecular complexity index is 325. The van der Waals surface area contributed by atoms with Crippen LogP contribution in [-0.4, -0.2) is 47.7 Å². The van der Waals surface area contributed by atoms with Gasteiger partial charge in [-0.05, 0) is 19.8 Å². The predicted octanol–water partition coefficient (Wildman–Crippen LogP) is -0.240. The number of oxime groups is 1.